The molecule has 1 aliphatic carbocycles. The molecule has 2 rings (SSSR count). The fourth-order valence-electron chi connectivity index (χ4n) is 2.68. The Labute approximate surface area is 108 Å². The quantitative estimate of drug-likeness (QED) is 0.597. The van der Waals surface area contributed by atoms with Crippen LogP contribution in [0.2, 0.25) is 0 Å². The zero-order valence-electron chi connectivity index (χ0n) is 10.4. The van der Waals surface area contributed by atoms with Crippen LogP contribution in [0.15, 0.2) is 36.4 Å². The minimum Gasteiger partial charge on any atom is -0.299 e. The lowest BCUT2D eigenvalue weighted by Gasteiger charge is -2.27. The van der Waals surface area contributed by atoms with Gasteiger partial charge in [0, 0.05) is 0 Å². The Kier molecular flexibility index (Phi) is 4.30. The van der Waals surface area contributed by atoms with Crippen LogP contribution >= 0.6 is 0 Å². The van der Waals surface area contributed by atoms with Crippen molar-refractivity contribution in [1.29, 1.82) is 5.26 Å². The van der Waals surface area contributed by atoms with Crippen molar-refractivity contribution >= 4 is 6.29 Å². The number of carbonyl (C=O) groups is 1. The maximum atomic E-state index is 10.3. The third-order valence-electron chi connectivity index (χ3n) is 3.74. The molecule has 1 aromatic rings. The summed E-state index contributed by atoms with van der Waals surface area (Å²) in [7, 11) is 0. The molecule has 1 aromatic carbocycles. The molecule has 0 bridgehead atoms. The van der Waals surface area contributed by atoms with Gasteiger partial charge in [0.25, 0.3) is 0 Å². The number of rotatable bonds is 3. The second-order valence-electron chi connectivity index (χ2n) is 4.87. The van der Waals surface area contributed by atoms with Crippen LogP contribution in [0, 0.1) is 17.2 Å². The van der Waals surface area contributed by atoms with Crippen LogP contribution in [0.25, 0.3) is 0 Å². The van der Waals surface area contributed by atoms with Gasteiger partial charge >= 0.3 is 0 Å². The number of carbonyl (C=O) groups excluding carboxylic acids is 1. The molecule has 2 heteroatoms. The lowest BCUT2D eigenvalue weighted by Crippen LogP contribution is -2.11. The molecule has 0 aliphatic heterocycles. The second kappa shape index (κ2) is 6.16. The first-order valence-electron chi connectivity index (χ1n) is 6.45. The SMILES string of the molecule is N#Cc1ccc(C2CCC(C=CC=O)CC2)cc1. The van der Waals surface area contributed by atoms with Gasteiger partial charge in [0.15, 0.2) is 0 Å². The number of hydrogen-bond donors (Lipinski definition) is 0. The minimum absolute atomic E-state index is 0.560. The monoisotopic (exact) mass is 239 g/mol. The molecule has 0 unspecified atom stereocenters. The van der Waals surface area contributed by atoms with Crippen molar-refractivity contribution in [2.75, 3.05) is 0 Å². The number of hydrogen-bond acceptors (Lipinski definition) is 2. The standard InChI is InChI=1S/C16H17NO/c17-12-14-5-9-16(10-6-14)15-7-3-13(4-8-15)2-1-11-18/h1-2,5-6,9-11,13,15H,3-4,7-8H2. The van der Waals surface area contributed by atoms with E-state index in [1.807, 2.05) is 18.2 Å². The van der Waals surface area contributed by atoms with Crippen LogP contribution < -0.4 is 0 Å². The minimum atomic E-state index is 0.560. The second-order valence-corrected chi connectivity index (χ2v) is 4.87. The highest BCUT2D eigenvalue weighted by atomic mass is 16.1. The Morgan fingerprint density at radius 1 is 1.11 bits per heavy atom. The molecule has 0 amide bonds. The number of benzene rings is 1. The van der Waals surface area contributed by atoms with Gasteiger partial charge in [-0.05, 0) is 61.3 Å². The summed E-state index contributed by atoms with van der Waals surface area (Å²) in [5, 5.41) is 8.77. The molecule has 92 valence electrons. The third kappa shape index (κ3) is 3.07. The van der Waals surface area contributed by atoms with Gasteiger partial charge < -0.3 is 0 Å². The number of nitrogens with zero attached hydrogens (tertiary/aromatic N) is 1. The molecular weight excluding hydrogens is 222 g/mol. The van der Waals surface area contributed by atoms with Crippen LogP contribution in [-0.4, -0.2) is 6.29 Å². The summed E-state index contributed by atoms with van der Waals surface area (Å²) in [4.78, 5) is 10.3. The van der Waals surface area contributed by atoms with E-state index in [1.165, 1.54) is 18.4 Å². The van der Waals surface area contributed by atoms with Gasteiger partial charge in [-0.3, -0.25) is 4.79 Å². The Balaban J connectivity index is 1.94. The van der Waals surface area contributed by atoms with E-state index in [2.05, 4.69) is 18.2 Å². The fourth-order valence-corrected chi connectivity index (χ4v) is 2.68. The maximum absolute atomic E-state index is 10.3. The molecule has 0 radical (unpaired) electrons. The van der Waals surface area contributed by atoms with Crippen molar-refractivity contribution in [3.05, 3.63) is 47.5 Å². The van der Waals surface area contributed by atoms with E-state index >= 15 is 0 Å². The van der Waals surface area contributed by atoms with Crippen molar-refractivity contribution in [3.63, 3.8) is 0 Å². The van der Waals surface area contributed by atoms with E-state index in [9.17, 15) is 4.79 Å². The molecule has 1 aliphatic rings. The number of allylic oxidation sites excluding steroid dienone is 2. The van der Waals surface area contributed by atoms with Crippen LogP contribution in [-0.2, 0) is 4.79 Å². The number of nitriles is 1. The molecule has 0 saturated heterocycles. The molecular formula is C16H17NO. The highest BCUT2D eigenvalue weighted by Gasteiger charge is 2.20. The van der Waals surface area contributed by atoms with E-state index in [-0.39, 0.29) is 0 Å². The van der Waals surface area contributed by atoms with Crippen molar-refractivity contribution in [2.24, 2.45) is 5.92 Å². The summed E-state index contributed by atoms with van der Waals surface area (Å²) in [6.07, 6.45) is 9.13. The molecule has 1 saturated carbocycles. The van der Waals surface area contributed by atoms with Gasteiger partial charge in [0.2, 0.25) is 0 Å². The Hall–Kier alpha value is -1.88. The maximum Gasteiger partial charge on any atom is 0.142 e. The highest BCUT2D eigenvalue weighted by molar-refractivity contribution is 5.64. The topological polar surface area (TPSA) is 40.9 Å². The molecule has 2 nitrogen and oxygen atoms in total. The van der Waals surface area contributed by atoms with E-state index in [4.69, 9.17) is 5.26 Å². The van der Waals surface area contributed by atoms with Crippen LogP contribution in [0.5, 0.6) is 0 Å². The predicted octanol–water partition coefficient (Wildman–Crippen LogP) is 3.59. The summed E-state index contributed by atoms with van der Waals surface area (Å²) in [6, 6.07) is 10.1. The average molecular weight is 239 g/mol. The first-order chi connectivity index (χ1) is 8.83. The van der Waals surface area contributed by atoms with Gasteiger partial charge in [-0.2, -0.15) is 5.26 Å². The lowest BCUT2D eigenvalue weighted by atomic mass is 9.78. The van der Waals surface area contributed by atoms with Crippen LogP contribution in [0.4, 0.5) is 0 Å². The fraction of sp³-hybridized carbons (Fsp3) is 0.375. The van der Waals surface area contributed by atoms with E-state index in [0.29, 0.717) is 11.8 Å². The molecule has 0 spiro atoms. The summed E-state index contributed by atoms with van der Waals surface area (Å²) in [5.41, 5.74) is 2.06. The molecule has 0 aromatic heterocycles. The molecule has 0 N–H and O–H groups in total. The first-order valence-corrected chi connectivity index (χ1v) is 6.45. The Bertz CT molecular complexity index is 459. The third-order valence-corrected chi connectivity index (χ3v) is 3.74. The van der Waals surface area contributed by atoms with Crippen molar-refractivity contribution in [3.8, 4) is 6.07 Å². The predicted molar refractivity (Wildman–Crippen MR) is 71.1 cm³/mol. The highest BCUT2D eigenvalue weighted by Crippen LogP contribution is 2.36. The van der Waals surface area contributed by atoms with Gasteiger partial charge in [-0.15, -0.1) is 0 Å². The van der Waals surface area contributed by atoms with E-state index in [0.717, 1.165) is 24.7 Å². The molecule has 18 heavy (non-hydrogen) atoms. The van der Waals surface area contributed by atoms with Crippen molar-refractivity contribution < 1.29 is 4.79 Å². The van der Waals surface area contributed by atoms with Crippen molar-refractivity contribution in [1.82, 2.24) is 0 Å². The average Bonchev–Trinajstić information content (AvgIpc) is 2.46. The van der Waals surface area contributed by atoms with Crippen LogP contribution in [0.1, 0.15) is 42.7 Å². The summed E-state index contributed by atoms with van der Waals surface area (Å²) >= 11 is 0. The molecule has 0 atom stereocenters. The van der Waals surface area contributed by atoms with Gasteiger partial charge in [0.05, 0.1) is 11.6 Å². The summed E-state index contributed by atoms with van der Waals surface area (Å²) < 4.78 is 0. The van der Waals surface area contributed by atoms with Gasteiger partial charge in [0.1, 0.15) is 6.29 Å². The summed E-state index contributed by atoms with van der Waals surface area (Å²) in [5.74, 6) is 1.17. The zero-order valence-corrected chi connectivity index (χ0v) is 10.4. The molecule has 1 fully saturated rings. The lowest BCUT2D eigenvalue weighted by molar-refractivity contribution is -0.104. The van der Waals surface area contributed by atoms with E-state index < -0.39 is 0 Å². The van der Waals surface area contributed by atoms with Crippen molar-refractivity contribution in [2.45, 2.75) is 31.6 Å². The van der Waals surface area contributed by atoms with Crippen LogP contribution in [0.3, 0.4) is 0 Å². The number of aldehydes is 1. The normalized spacial score (nSPS) is 23.7. The summed E-state index contributed by atoms with van der Waals surface area (Å²) in [6.45, 7) is 0. The van der Waals surface area contributed by atoms with E-state index in [1.54, 1.807) is 6.08 Å². The first kappa shape index (κ1) is 12.6. The molecule has 0 heterocycles. The Morgan fingerprint density at radius 3 is 2.33 bits per heavy atom. The smallest absolute Gasteiger partial charge is 0.142 e. The zero-order chi connectivity index (χ0) is 12.8. The largest absolute Gasteiger partial charge is 0.299 e. The van der Waals surface area contributed by atoms with Gasteiger partial charge in [-0.1, -0.05) is 18.2 Å². The van der Waals surface area contributed by atoms with Gasteiger partial charge in [-0.25, -0.2) is 0 Å². The Morgan fingerprint density at radius 2 is 1.78 bits per heavy atom.